The molecule has 230 valence electrons. The summed E-state index contributed by atoms with van der Waals surface area (Å²) in [7, 11) is 0. The summed E-state index contributed by atoms with van der Waals surface area (Å²) in [4.78, 5) is 2.33. The fraction of sp³-hybridized carbons (Fsp3) is 0. The Bertz CT molecular complexity index is 2830. The minimum absolute atomic E-state index is 0.875. The van der Waals surface area contributed by atoms with Crippen LogP contribution < -0.4 is 4.90 Å². The third kappa shape index (κ3) is 4.51. The molecule has 8 aromatic carbocycles. The highest BCUT2D eigenvalue weighted by atomic mass is 16.3. The molecular formula is C46H29NO2. The molecule has 0 saturated carbocycles. The fourth-order valence-corrected chi connectivity index (χ4v) is 7.34. The summed E-state index contributed by atoms with van der Waals surface area (Å²) in [5.74, 6) is 0. The van der Waals surface area contributed by atoms with Crippen LogP contribution in [0, 0.1) is 0 Å². The van der Waals surface area contributed by atoms with E-state index < -0.39 is 0 Å². The van der Waals surface area contributed by atoms with Crippen molar-refractivity contribution in [1.29, 1.82) is 0 Å². The van der Waals surface area contributed by atoms with Gasteiger partial charge in [0.15, 0.2) is 0 Å². The van der Waals surface area contributed by atoms with E-state index in [0.29, 0.717) is 0 Å². The summed E-state index contributed by atoms with van der Waals surface area (Å²) < 4.78 is 12.8. The largest absolute Gasteiger partial charge is 0.456 e. The predicted molar refractivity (Wildman–Crippen MR) is 204 cm³/mol. The first-order valence-electron chi connectivity index (χ1n) is 16.6. The lowest BCUT2D eigenvalue weighted by Crippen LogP contribution is -2.10. The molecule has 0 spiro atoms. The Morgan fingerprint density at radius 1 is 0.347 bits per heavy atom. The van der Waals surface area contributed by atoms with Gasteiger partial charge in [-0.25, -0.2) is 0 Å². The Kier molecular flexibility index (Phi) is 6.18. The summed E-state index contributed by atoms with van der Waals surface area (Å²) in [6.45, 7) is 0. The van der Waals surface area contributed by atoms with Gasteiger partial charge in [0.1, 0.15) is 22.3 Å². The maximum atomic E-state index is 6.45. The van der Waals surface area contributed by atoms with Gasteiger partial charge in [0.05, 0.1) is 0 Å². The van der Waals surface area contributed by atoms with Gasteiger partial charge in [0.25, 0.3) is 0 Å². The van der Waals surface area contributed by atoms with Crippen LogP contribution in [0.25, 0.3) is 76.9 Å². The maximum Gasteiger partial charge on any atom is 0.143 e. The summed E-state index contributed by atoms with van der Waals surface area (Å²) >= 11 is 0. The zero-order valence-corrected chi connectivity index (χ0v) is 26.5. The predicted octanol–water partition coefficient (Wildman–Crippen LogP) is 13.4. The van der Waals surface area contributed by atoms with Crippen LogP contribution in [0.2, 0.25) is 0 Å². The quantitative estimate of drug-likeness (QED) is 0.190. The fourth-order valence-electron chi connectivity index (χ4n) is 7.34. The van der Waals surface area contributed by atoms with Gasteiger partial charge in [0.2, 0.25) is 0 Å². The highest BCUT2D eigenvalue weighted by molar-refractivity contribution is 6.19. The van der Waals surface area contributed by atoms with Gasteiger partial charge in [-0.05, 0) is 82.1 Å². The van der Waals surface area contributed by atoms with Crippen LogP contribution in [0.1, 0.15) is 0 Å². The highest BCUT2D eigenvalue weighted by Gasteiger charge is 2.19. The second-order valence-corrected chi connectivity index (χ2v) is 12.5. The smallest absolute Gasteiger partial charge is 0.143 e. The number of hydrogen-bond acceptors (Lipinski definition) is 3. The van der Waals surface area contributed by atoms with Crippen LogP contribution in [0.4, 0.5) is 17.1 Å². The molecule has 2 aromatic heterocycles. The van der Waals surface area contributed by atoms with E-state index in [1.807, 2.05) is 12.1 Å². The minimum Gasteiger partial charge on any atom is -0.456 e. The van der Waals surface area contributed by atoms with Crippen molar-refractivity contribution in [3.05, 3.63) is 176 Å². The summed E-state index contributed by atoms with van der Waals surface area (Å²) in [6, 6.07) is 62.0. The Labute approximate surface area is 282 Å². The van der Waals surface area contributed by atoms with E-state index in [2.05, 4.69) is 169 Å². The van der Waals surface area contributed by atoms with E-state index in [0.717, 1.165) is 72.1 Å². The molecule has 10 rings (SSSR count). The lowest BCUT2D eigenvalue weighted by Gasteiger charge is -2.26. The van der Waals surface area contributed by atoms with Gasteiger partial charge in [-0.15, -0.1) is 0 Å². The molecule has 2 heterocycles. The molecule has 0 N–H and O–H groups in total. The van der Waals surface area contributed by atoms with Gasteiger partial charge in [-0.1, -0.05) is 121 Å². The Hall–Kier alpha value is -6.58. The first-order valence-corrected chi connectivity index (χ1v) is 16.6. The monoisotopic (exact) mass is 627 g/mol. The van der Waals surface area contributed by atoms with Crippen LogP contribution in [-0.2, 0) is 0 Å². The van der Waals surface area contributed by atoms with Crippen molar-refractivity contribution >= 4 is 71.7 Å². The van der Waals surface area contributed by atoms with Gasteiger partial charge in [-0.3, -0.25) is 0 Å². The third-order valence-electron chi connectivity index (χ3n) is 9.65. The molecule has 0 aliphatic carbocycles. The number of furan rings is 2. The normalized spacial score (nSPS) is 11.7. The Morgan fingerprint density at radius 2 is 1.00 bits per heavy atom. The highest BCUT2D eigenvalue weighted by Crippen LogP contribution is 2.43. The lowest BCUT2D eigenvalue weighted by atomic mass is 10.0. The van der Waals surface area contributed by atoms with Crippen molar-refractivity contribution in [1.82, 2.24) is 0 Å². The van der Waals surface area contributed by atoms with E-state index in [1.54, 1.807) is 0 Å². The molecule has 3 nitrogen and oxygen atoms in total. The first-order chi connectivity index (χ1) is 24.3. The number of para-hydroxylation sites is 2. The molecule has 0 unspecified atom stereocenters. The Balaban J connectivity index is 1.17. The number of rotatable bonds is 5. The molecule has 0 aliphatic rings. The van der Waals surface area contributed by atoms with Crippen LogP contribution in [0.3, 0.4) is 0 Å². The van der Waals surface area contributed by atoms with Gasteiger partial charge < -0.3 is 13.7 Å². The molecule has 0 fully saturated rings. The average Bonchev–Trinajstić information content (AvgIpc) is 3.74. The molecule has 0 atom stereocenters. The molecule has 10 aromatic rings. The van der Waals surface area contributed by atoms with Crippen molar-refractivity contribution in [2.75, 3.05) is 4.90 Å². The molecule has 49 heavy (non-hydrogen) atoms. The zero-order chi connectivity index (χ0) is 32.3. The number of hydrogen-bond donors (Lipinski definition) is 0. The summed E-state index contributed by atoms with van der Waals surface area (Å²) in [5.41, 5.74) is 11.3. The second kappa shape index (κ2) is 11.0. The summed E-state index contributed by atoms with van der Waals surface area (Å²) in [6.07, 6.45) is 0. The third-order valence-corrected chi connectivity index (χ3v) is 9.65. The van der Waals surface area contributed by atoms with Crippen LogP contribution >= 0.6 is 0 Å². The lowest BCUT2D eigenvalue weighted by molar-refractivity contribution is 0.669. The minimum atomic E-state index is 0.875. The second-order valence-electron chi connectivity index (χ2n) is 12.5. The van der Waals surface area contributed by atoms with Crippen molar-refractivity contribution in [3.63, 3.8) is 0 Å². The van der Waals surface area contributed by atoms with Crippen molar-refractivity contribution < 1.29 is 8.83 Å². The van der Waals surface area contributed by atoms with Crippen molar-refractivity contribution in [3.8, 4) is 22.3 Å². The van der Waals surface area contributed by atoms with Crippen LogP contribution in [0.5, 0.6) is 0 Å². The molecular weight excluding hydrogens is 599 g/mol. The van der Waals surface area contributed by atoms with Crippen LogP contribution in [0.15, 0.2) is 185 Å². The molecule has 3 heteroatoms. The SMILES string of the molecule is c1ccc(-c2ccc(N(c3cccc(-c4cccc5c4oc4ccccc45)c3)c3ccc4oc5ccc6ccccc6c5c4c3)cc2)cc1. The van der Waals surface area contributed by atoms with E-state index in [1.165, 1.54) is 21.9 Å². The molecule has 0 saturated heterocycles. The number of nitrogens with zero attached hydrogens (tertiary/aromatic N) is 1. The van der Waals surface area contributed by atoms with Gasteiger partial charge >= 0.3 is 0 Å². The van der Waals surface area contributed by atoms with Crippen LogP contribution in [-0.4, -0.2) is 0 Å². The zero-order valence-electron chi connectivity index (χ0n) is 26.5. The van der Waals surface area contributed by atoms with E-state index in [-0.39, 0.29) is 0 Å². The van der Waals surface area contributed by atoms with E-state index in [9.17, 15) is 0 Å². The average molecular weight is 628 g/mol. The molecule has 0 aliphatic heterocycles. The number of fused-ring (bicyclic) bond motifs is 8. The van der Waals surface area contributed by atoms with Gasteiger partial charge in [0, 0.05) is 44.2 Å². The van der Waals surface area contributed by atoms with E-state index in [4.69, 9.17) is 8.83 Å². The molecule has 0 radical (unpaired) electrons. The standard InChI is InChI=1S/C46H29NO2/c1-2-10-30(11-3-1)31-20-23-34(24-21-31)47(36-25-27-43-41(29-36)45-37-15-5-4-12-32(37)22-26-44(45)48-43)35-14-8-13-33(28-35)38-17-9-18-40-39-16-6-7-19-42(39)49-46(38)40/h1-29H. The maximum absolute atomic E-state index is 6.45. The van der Waals surface area contributed by atoms with Gasteiger partial charge in [-0.2, -0.15) is 0 Å². The number of anilines is 3. The number of benzene rings is 8. The van der Waals surface area contributed by atoms with Crippen molar-refractivity contribution in [2.24, 2.45) is 0 Å². The first kappa shape index (κ1) is 27.5. The topological polar surface area (TPSA) is 29.5 Å². The Morgan fingerprint density at radius 3 is 1.90 bits per heavy atom. The molecule has 0 amide bonds. The van der Waals surface area contributed by atoms with Crippen molar-refractivity contribution in [2.45, 2.75) is 0 Å². The molecule has 0 bridgehead atoms. The van der Waals surface area contributed by atoms with E-state index >= 15 is 0 Å². The summed E-state index contributed by atoms with van der Waals surface area (Å²) in [5, 5.41) is 6.87.